The minimum atomic E-state index is -4.77. The summed E-state index contributed by atoms with van der Waals surface area (Å²) in [5, 5.41) is -1.82. The van der Waals surface area contributed by atoms with E-state index in [1.165, 1.54) is 12.1 Å². The largest absolute Gasteiger partial charge is 1.00 e. The molecule has 0 heterocycles. The molecule has 7 heteroatoms. The van der Waals surface area contributed by atoms with E-state index in [0.717, 1.165) is 5.56 Å². The Kier molecular flexibility index (Phi) is 6.53. The zero-order chi connectivity index (χ0) is 13.2. The molecule has 5 nitrogen and oxygen atoms in total. The fourth-order valence-electron chi connectivity index (χ4n) is 1.53. The van der Waals surface area contributed by atoms with Gasteiger partial charge in [0.1, 0.15) is 10.1 Å². The van der Waals surface area contributed by atoms with Gasteiger partial charge < -0.3 is 10.3 Å². The zero-order valence-electron chi connectivity index (χ0n) is 10.6. The van der Waals surface area contributed by atoms with Crippen molar-refractivity contribution in [2.75, 3.05) is 0 Å². The third-order valence-electron chi connectivity index (χ3n) is 2.45. The Morgan fingerprint density at radius 2 is 1.56 bits per heavy atom. The molecule has 0 spiro atoms. The Labute approximate surface area is 129 Å². The number of hydrogen-bond donors (Lipinski definition) is 1. The van der Waals surface area contributed by atoms with Gasteiger partial charge in [0.15, 0.2) is 5.25 Å². The molecule has 0 saturated heterocycles. The van der Waals surface area contributed by atoms with Crippen molar-refractivity contribution < 1.29 is 47.3 Å². The van der Waals surface area contributed by atoms with Crippen molar-refractivity contribution in [3.63, 3.8) is 0 Å². The van der Waals surface area contributed by atoms with E-state index < -0.39 is 21.3 Å². The Hall–Kier alpha value is -0.400. The number of benzene rings is 1. The number of rotatable bonds is 4. The standard InChI is InChI=1S/C11H15NO4S.Na/c1-7(2)8-3-5-9(6-4-8)10(11(12)13)17(14,15)16;/h3-7,10H,1-2H3,(H2,12,13)(H,14,15,16);/q;+1/p-1. The number of carbonyl (C=O) groups excluding carboxylic acids is 1. The van der Waals surface area contributed by atoms with Crippen LogP contribution in [0.15, 0.2) is 24.3 Å². The molecule has 0 aliphatic heterocycles. The molecule has 2 N–H and O–H groups in total. The Balaban J connectivity index is 0.00000289. The first kappa shape index (κ1) is 17.6. The molecule has 1 unspecified atom stereocenters. The first-order chi connectivity index (χ1) is 7.73. The molecule has 0 bridgehead atoms. The maximum absolute atomic E-state index is 11.0. The van der Waals surface area contributed by atoms with Crippen LogP contribution in [0.4, 0.5) is 0 Å². The first-order valence-corrected chi connectivity index (χ1v) is 6.54. The van der Waals surface area contributed by atoms with Gasteiger partial charge in [0.05, 0.1) is 0 Å². The summed E-state index contributed by atoms with van der Waals surface area (Å²) >= 11 is 0. The van der Waals surface area contributed by atoms with Crippen LogP contribution in [0.25, 0.3) is 0 Å². The van der Waals surface area contributed by atoms with E-state index in [9.17, 15) is 17.8 Å². The van der Waals surface area contributed by atoms with Gasteiger partial charge in [-0.2, -0.15) is 0 Å². The molecular weight excluding hydrogens is 265 g/mol. The van der Waals surface area contributed by atoms with E-state index >= 15 is 0 Å². The number of carbonyl (C=O) groups is 1. The van der Waals surface area contributed by atoms with Crippen LogP contribution in [0.5, 0.6) is 0 Å². The Bertz CT molecular complexity index is 510. The topological polar surface area (TPSA) is 100 Å². The van der Waals surface area contributed by atoms with Crippen molar-refractivity contribution >= 4 is 16.0 Å². The monoisotopic (exact) mass is 279 g/mol. The third-order valence-corrected chi connectivity index (χ3v) is 3.53. The van der Waals surface area contributed by atoms with Crippen molar-refractivity contribution in [1.29, 1.82) is 0 Å². The molecule has 1 atom stereocenters. The summed E-state index contributed by atoms with van der Waals surface area (Å²) in [5.41, 5.74) is 6.03. The number of nitrogens with two attached hydrogens (primary N) is 1. The van der Waals surface area contributed by atoms with E-state index in [-0.39, 0.29) is 41.0 Å². The molecule has 0 aliphatic carbocycles. The van der Waals surface area contributed by atoms with Gasteiger partial charge in [0.25, 0.3) is 0 Å². The van der Waals surface area contributed by atoms with E-state index in [1.807, 2.05) is 13.8 Å². The summed E-state index contributed by atoms with van der Waals surface area (Å²) in [6.07, 6.45) is 0. The van der Waals surface area contributed by atoms with Gasteiger partial charge in [-0.1, -0.05) is 38.1 Å². The molecule has 0 radical (unpaired) electrons. The Morgan fingerprint density at radius 3 is 1.83 bits per heavy atom. The van der Waals surface area contributed by atoms with Gasteiger partial charge in [-0.15, -0.1) is 0 Å². The van der Waals surface area contributed by atoms with Crippen molar-refractivity contribution in [3.05, 3.63) is 35.4 Å². The fraction of sp³-hybridized carbons (Fsp3) is 0.364. The molecule has 94 valence electrons. The number of hydrogen-bond acceptors (Lipinski definition) is 4. The van der Waals surface area contributed by atoms with Crippen molar-refractivity contribution in [1.82, 2.24) is 0 Å². The number of amides is 1. The molecule has 18 heavy (non-hydrogen) atoms. The summed E-state index contributed by atoms with van der Waals surface area (Å²) in [7, 11) is -4.77. The molecule has 1 amide bonds. The van der Waals surface area contributed by atoms with Gasteiger partial charge in [-0.25, -0.2) is 8.42 Å². The van der Waals surface area contributed by atoms with Crippen LogP contribution in [-0.4, -0.2) is 18.9 Å². The van der Waals surface area contributed by atoms with Crippen LogP contribution in [-0.2, 0) is 14.9 Å². The van der Waals surface area contributed by atoms with Crippen LogP contribution in [0, 0.1) is 0 Å². The maximum atomic E-state index is 11.0. The number of primary amides is 1. The predicted molar refractivity (Wildman–Crippen MR) is 62.2 cm³/mol. The van der Waals surface area contributed by atoms with E-state index in [4.69, 9.17) is 5.73 Å². The van der Waals surface area contributed by atoms with E-state index in [0.29, 0.717) is 0 Å². The molecule has 1 aromatic carbocycles. The van der Waals surface area contributed by atoms with Crippen LogP contribution in [0.2, 0.25) is 0 Å². The maximum Gasteiger partial charge on any atom is 1.00 e. The van der Waals surface area contributed by atoms with Crippen LogP contribution >= 0.6 is 0 Å². The van der Waals surface area contributed by atoms with Gasteiger partial charge in [-0.05, 0) is 17.0 Å². The molecule has 0 aliphatic rings. The normalized spacial score (nSPS) is 12.9. The molecule has 1 rings (SSSR count). The summed E-state index contributed by atoms with van der Waals surface area (Å²) in [6.45, 7) is 3.95. The quantitative estimate of drug-likeness (QED) is 0.503. The zero-order valence-corrected chi connectivity index (χ0v) is 13.4. The van der Waals surface area contributed by atoms with Gasteiger partial charge in [0.2, 0.25) is 5.91 Å². The Morgan fingerprint density at radius 1 is 1.17 bits per heavy atom. The summed E-state index contributed by atoms with van der Waals surface area (Å²) < 4.78 is 32.8. The molecular formula is C11H14NNaO4S. The SMILES string of the molecule is CC(C)c1ccc(C(C(N)=O)S(=O)(=O)[O-])cc1.[Na+]. The third kappa shape index (κ3) is 4.37. The van der Waals surface area contributed by atoms with Gasteiger partial charge in [0, 0.05) is 0 Å². The second kappa shape index (κ2) is 6.68. The van der Waals surface area contributed by atoms with Crippen LogP contribution in [0.3, 0.4) is 0 Å². The summed E-state index contributed by atoms with van der Waals surface area (Å²) in [6, 6.07) is 6.25. The minimum Gasteiger partial charge on any atom is -0.747 e. The van der Waals surface area contributed by atoms with E-state index in [2.05, 4.69) is 0 Å². The fourth-order valence-corrected chi connectivity index (χ4v) is 2.30. The summed E-state index contributed by atoms with van der Waals surface area (Å²) in [5.74, 6) is -0.878. The van der Waals surface area contributed by atoms with Crippen molar-refractivity contribution in [3.8, 4) is 0 Å². The summed E-state index contributed by atoms with van der Waals surface area (Å²) in [4.78, 5) is 11.0. The van der Waals surface area contributed by atoms with Crippen molar-refractivity contribution in [2.24, 2.45) is 5.73 Å². The van der Waals surface area contributed by atoms with Crippen molar-refractivity contribution in [2.45, 2.75) is 25.0 Å². The molecule has 0 fully saturated rings. The average molecular weight is 279 g/mol. The van der Waals surface area contributed by atoms with Gasteiger partial charge in [-0.3, -0.25) is 4.79 Å². The second-order valence-electron chi connectivity index (χ2n) is 4.10. The molecule has 0 aromatic heterocycles. The van der Waals surface area contributed by atoms with Gasteiger partial charge >= 0.3 is 29.6 Å². The van der Waals surface area contributed by atoms with Crippen LogP contribution < -0.4 is 35.3 Å². The minimum absolute atomic E-state index is 0. The second-order valence-corrected chi connectivity index (χ2v) is 5.55. The molecule has 1 aromatic rings. The van der Waals surface area contributed by atoms with E-state index in [1.54, 1.807) is 12.1 Å². The first-order valence-electron chi connectivity index (χ1n) is 5.07. The smallest absolute Gasteiger partial charge is 0.747 e. The average Bonchev–Trinajstić information content (AvgIpc) is 2.15. The predicted octanol–water partition coefficient (Wildman–Crippen LogP) is -2.11. The van der Waals surface area contributed by atoms with Crippen LogP contribution in [0.1, 0.15) is 36.1 Å². The molecule has 0 saturated carbocycles.